The van der Waals surface area contributed by atoms with Crippen molar-refractivity contribution in [2.45, 2.75) is 73.5 Å². The zero-order valence-corrected chi connectivity index (χ0v) is 15.9. The summed E-state index contributed by atoms with van der Waals surface area (Å²) in [5, 5.41) is 0. The number of hydrogen-bond donors (Lipinski definition) is 0. The van der Waals surface area contributed by atoms with Crippen molar-refractivity contribution in [2.75, 3.05) is 0 Å². The van der Waals surface area contributed by atoms with E-state index in [1.54, 1.807) is 0 Å². The van der Waals surface area contributed by atoms with Gasteiger partial charge in [-0.25, -0.2) is 0 Å². The van der Waals surface area contributed by atoms with Gasteiger partial charge < -0.3 is 9.47 Å². The van der Waals surface area contributed by atoms with E-state index in [2.05, 4.69) is 0 Å². The lowest BCUT2D eigenvalue weighted by Gasteiger charge is -2.41. The third kappa shape index (κ3) is 3.03. The molecule has 0 amide bonds. The molecule has 24 heavy (non-hydrogen) atoms. The van der Waals surface area contributed by atoms with E-state index in [4.69, 9.17) is 9.47 Å². The largest absolute Gasteiger partial charge is 0.493 e. The zero-order chi connectivity index (χ0) is 18.2. The first kappa shape index (κ1) is 18.8. The summed E-state index contributed by atoms with van der Waals surface area (Å²) in [6, 6.07) is 0. The Kier molecular flexibility index (Phi) is 5.56. The minimum Gasteiger partial charge on any atom is -0.493 e. The van der Waals surface area contributed by atoms with Crippen LogP contribution in [0.5, 0.6) is 0 Å². The molecule has 0 aromatic carbocycles. The topological polar surface area (TPSA) is 52.6 Å². The second-order valence-electron chi connectivity index (χ2n) is 7.13. The maximum absolute atomic E-state index is 12.6. The average Bonchev–Trinajstić information content (AvgIpc) is 2.58. The molecule has 0 saturated heterocycles. The number of rotatable bonds is 4. The van der Waals surface area contributed by atoms with Crippen LogP contribution in [0.1, 0.15) is 61.3 Å². The number of carbonyl (C=O) groups excluding carboxylic acids is 2. The molecule has 2 heterocycles. The standard InChI is InChI=1S/C20H30O4/c1-8-15-10(3)17(21)12(5)19(23-15)14(7)20-13(6)18(22)11(4)16(9-2)24-20/h12-14,19-20H,8-9H2,1-7H3/t12-,13?,14?,19-,20?/m0/s1. The minimum absolute atomic E-state index is 0.0489. The van der Waals surface area contributed by atoms with Gasteiger partial charge in [-0.1, -0.05) is 34.6 Å². The lowest BCUT2D eigenvalue weighted by Crippen LogP contribution is -2.48. The molecule has 2 rings (SSSR count). The van der Waals surface area contributed by atoms with Crippen LogP contribution < -0.4 is 0 Å². The number of ketones is 2. The SMILES string of the molecule is CCC1=C(C)C(=O)C(C)C(C(C)[C@H]2OC(CC)=C(C)C(=O)[C@@H]2C)O1. The highest BCUT2D eigenvalue weighted by molar-refractivity contribution is 5.98. The highest BCUT2D eigenvalue weighted by atomic mass is 16.5. The molecule has 3 unspecified atom stereocenters. The fourth-order valence-electron chi connectivity index (χ4n) is 3.97. The maximum atomic E-state index is 12.6. The fourth-order valence-corrected chi connectivity index (χ4v) is 3.97. The van der Waals surface area contributed by atoms with E-state index in [9.17, 15) is 9.59 Å². The summed E-state index contributed by atoms with van der Waals surface area (Å²) in [5.41, 5.74) is 1.46. The van der Waals surface area contributed by atoms with Gasteiger partial charge in [-0.05, 0) is 13.8 Å². The Bertz CT molecular complexity index is 547. The quantitative estimate of drug-likeness (QED) is 0.773. The van der Waals surface area contributed by atoms with Crippen LogP contribution in [-0.4, -0.2) is 23.8 Å². The first-order chi connectivity index (χ1) is 11.2. The molecule has 0 spiro atoms. The molecule has 0 fully saturated rings. The smallest absolute Gasteiger partial charge is 0.168 e. The number of ether oxygens (including phenoxy) is 2. The van der Waals surface area contributed by atoms with Crippen molar-refractivity contribution >= 4 is 11.6 Å². The van der Waals surface area contributed by atoms with Crippen LogP contribution in [0.4, 0.5) is 0 Å². The molecule has 0 saturated carbocycles. The predicted molar refractivity (Wildman–Crippen MR) is 93.2 cm³/mol. The van der Waals surface area contributed by atoms with Crippen LogP contribution in [0, 0.1) is 17.8 Å². The molecule has 4 nitrogen and oxygen atoms in total. The molecule has 4 heteroatoms. The lowest BCUT2D eigenvalue weighted by molar-refractivity contribution is -0.137. The van der Waals surface area contributed by atoms with Crippen molar-refractivity contribution in [3.05, 3.63) is 22.7 Å². The van der Waals surface area contributed by atoms with Gasteiger partial charge in [0.1, 0.15) is 23.7 Å². The van der Waals surface area contributed by atoms with E-state index in [1.807, 2.05) is 48.5 Å². The van der Waals surface area contributed by atoms with Crippen molar-refractivity contribution in [1.29, 1.82) is 0 Å². The summed E-state index contributed by atoms with van der Waals surface area (Å²) >= 11 is 0. The van der Waals surface area contributed by atoms with Crippen molar-refractivity contribution in [2.24, 2.45) is 17.8 Å². The minimum atomic E-state index is -0.257. The van der Waals surface area contributed by atoms with E-state index in [0.717, 1.165) is 22.7 Å². The van der Waals surface area contributed by atoms with Gasteiger partial charge in [0.2, 0.25) is 0 Å². The van der Waals surface area contributed by atoms with Gasteiger partial charge in [0.25, 0.3) is 0 Å². The Labute approximate surface area is 145 Å². The first-order valence-corrected chi connectivity index (χ1v) is 9.05. The van der Waals surface area contributed by atoms with Gasteiger partial charge in [-0.15, -0.1) is 0 Å². The zero-order valence-electron chi connectivity index (χ0n) is 15.9. The van der Waals surface area contributed by atoms with Crippen LogP contribution in [-0.2, 0) is 19.1 Å². The lowest BCUT2D eigenvalue weighted by atomic mass is 9.77. The van der Waals surface area contributed by atoms with Gasteiger partial charge in [0, 0.05) is 29.9 Å². The van der Waals surface area contributed by atoms with E-state index in [0.29, 0.717) is 12.8 Å². The summed E-state index contributed by atoms with van der Waals surface area (Å²) in [4.78, 5) is 25.1. The van der Waals surface area contributed by atoms with E-state index in [1.165, 1.54) is 0 Å². The normalized spacial score (nSPS) is 32.6. The molecule has 2 aliphatic rings. The van der Waals surface area contributed by atoms with Gasteiger partial charge in [0.15, 0.2) is 11.6 Å². The molecular weight excluding hydrogens is 304 g/mol. The Morgan fingerprint density at radius 2 is 1.17 bits per heavy atom. The summed E-state index contributed by atoms with van der Waals surface area (Å²) in [7, 11) is 0. The Morgan fingerprint density at radius 1 is 0.833 bits per heavy atom. The van der Waals surface area contributed by atoms with Crippen LogP contribution in [0.3, 0.4) is 0 Å². The second-order valence-corrected chi connectivity index (χ2v) is 7.13. The van der Waals surface area contributed by atoms with E-state index in [-0.39, 0.29) is 41.5 Å². The molecule has 2 aliphatic heterocycles. The Morgan fingerprint density at radius 3 is 1.46 bits per heavy atom. The van der Waals surface area contributed by atoms with Gasteiger partial charge in [-0.2, -0.15) is 0 Å². The van der Waals surface area contributed by atoms with Gasteiger partial charge in [0.05, 0.1) is 11.8 Å². The molecule has 0 aromatic rings. The summed E-state index contributed by atoms with van der Waals surface area (Å²) in [6.45, 7) is 13.5. The van der Waals surface area contributed by atoms with Crippen LogP contribution in [0.15, 0.2) is 22.7 Å². The van der Waals surface area contributed by atoms with Crippen molar-refractivity contribution < 1.29 is 19.1 Å². The summed E-state index contributed by atoms with van der Waals surface area (Å²) in [6.07, 6.45) is 0.889. The first-order valence-electron chi connectivity index (χ1n) is 9.05. The molecular formula is C20H30O4. The molecule has 5 atom stereocenters. The Balaban J connectivity index is 2.30. The van der Waals surface area contributed by atoms with Crippen molar-refractivity contribution in [3.63, 3.8) is 0 Å². The molecule has 0 bridgehead atoms. The van der Waals surface area contributed by atoms with Gasteiger partial charge in [-0.3, -0.25) is 9.59 Å². The number of carbonyl (C=O) groups is 2. The molecule has 0 aromatic heterocycles. The van der Waals surface area contributed by atoms with E-state index < -0.39 is 0 Å². The second kappa shape index (κ2) is 7.12. The predicted octanol–water partition coefficient (Wildman–Crippen LogP) is 4.20. The van der Waals surface area contributed by atoms with Gasteiger partial charge >= 0.3 is 0 Å². The van der Waals surface area contributed by atoms with Crippen LogP contribution >= 0.6 is 0 Å². The third-order valence-electron chi connectivity index (χ3n) is 5.62. The number of hydrogen-bond acceptors (Lipinski definition) is 4. The van der Waals surface area contributed by atoms with E-state index >= 15 is 0 Å². The molecule has 0 N–H and O–H groups in total. The third-order valence-corrected chi connectivity index (χ3v) is 5.62. The van der Waals surface area contributed by atoms with Crippen LogP contribution in [0.25, 0.3) is 0 Å². The summed E-state index contributed by atoms with van der Waals surface area (Å²) < 4.78 is 12.4. The fraction of sp³-hybridized carbons (Fsp3) is 0.700. The summed E-state index contributed by atoms with van der Waals surface area (Å²) in [5.74, 6) is 1.34. The molecule has 0 aliphatic carbocycles. The molecule has 0 radical (unpaired) electrons. The Hall–Kier alpha value is -1.58. The maximum Gasteiger partial charge on any atom is 0.168 e. The highest BCUT2D eigenvalue weighted by Gasteiger charge is 2.45. The molecule has 134 valence electrons. The average molecular weight is 334 g/mol. The number of allylic oxidation sites excluding steroid dienone is 4. The number of Topliss-reactive ketones (excluding diaryl/α,β-unsaturated/α-hetero) is 2. The monoisotopic (exact) mass is 334 g/mol. The highest BCUT2D eigenvalue weighted by Crippen LogP contribution is 2.38. The van der Waals surface area contributed by atoms with Crippen molar-refractivity contribution in [1.82, 2.24) is 0 Å². The van der Waals surface area contributed by atoms with Crippen molar-refractivity contribution in [3.8, 4) is 0 Å². The van der Waals surface area contributed by atoms with Crippen LogP contribution in [0.2, 0.25) is 0 Å².